The van der Waals surface area contributed by atoms with E-state index in [9.17, 15) is 4.79 Å². The molecular formula is C11H13ClN2OS. The Bertz CT molecular complexity index is 469. The molecule has 3 nitrogen and oxygen atoms in total. The van der Waals surface area contributed by atoms with Gasteiger partial charge in [0, 0.05) is 23.5 Å². The number of rotatable bonds is 0. The standard InChI is InChI=1S/C11H12N2OS.ClH/c1-7-5-8-9(15-7)13-10(14)11(8)3-2-4-12-6-11;/h2-3,5,12H,4,6H2,1H3,(H,13,14);1H. The van der Waals surface area contributed by atoms with E-state index in [0.717, 1.165) is 17.1 Å². The van der Waals surface area contributed by atoms with Gasteiger partial charge in [0.25, 0.3) is 0 Å². The first-order valence-corrected chi connectivity index (χ1v) is 5.85. The van der Waals surface area contributed by atoms with E-state index in [4.69, 9.17) is 0 Å². The molecule has 0 saturated heterocycles. The van der Waals surface area contributed by atoms with Gasteiger partial charge in [-0.25, -0.2) is 0 Å². The Morgan fingerprint density at radius 1 is 1.50 bits per heavy atom. The summed E-state index contributed by atoms with van der Waals surface area (Å²) in [6.45, 7) is 3.63. The molecule has 1 atom stereocenters. The minimum Gasteiger partial charge on any atom is -0.316 e. The molecule has 3 rings (SSSR count). The van der Waals surface area contributed by atoms with Crippen molar-refractivity contribution in [2.24, 2.45) is 0 Å². The molecule has 16 heavy (non-hydrogen) atoms. The van der Waals surface area contributed by atoms with E-state index >= 15 is 0 Å². The van der Waals surface area contributed by atoms with Gasteiger partial charge in [0.1, 0.15) is 5.41 Å². The number of anilines is 1. The SMILES string of the molecule is Cc1cc2c(s1)NC(=O)C21C=CCNC1.Cl. The lowest BCUT2D eigenvalue weighted by atomic mass is 9.81. The van der Waals surface area contributed by atoms with Crippen LogP contribution < -0.4 is 10.6 Å². The van der Waals surface area contributed by atoms with Gasteiger partial charge < -0.3 is 10.6 Å². The van der Waals surface area contributed by atoms with E-state index in [-0.39, 0.29) is 18.3 Å². The number of halogens is 1. The summed E-state index contributed by atoms with van der Waals surface area (Å²) in [5.41, 5.74) is 0.691. The van der Waals surface area contributed by atoms with E-state index in [0.29, 0.717) is 6.54 Å². The molecule has 0 radical (unpaired) electrons. The van der Waals surface area contributed by atoms with Crippen molar-refractivity contribution in [3.05, 3.63) is 28.7 Å². The van der Waals surface area contributed by atoms with Gasteiger partial charge in [-0.3, -0.25) is 4.79 Å². The minimum atomic E-state index is -0.446. The van der Waals surface area contributed by atoms with Crippen molar-refractivity contribution in [3.63, 3.8) is 0 Å². The van der Waals surface area contributed by atoms with Crippen LogP contribution in [0.15, 0.2) is 18.2 Å². The summed E-state index contributed by atoms with van der Waals surface area (Å²) in [5, 5.41) is 7.24. The molecule has 0 fully saturated rings. The molecule has 5 heteroatoms. The van der Waals surface area contributed by atoms with Gasteiger partial charge >= 0.3 is 0 Å². The van der Waals surface area contributed by atoms with Crippen molar-refractivity contribution < 1.29 is 4.79 Å². The van der Waals surface area contributed by atoms with Gasteiger partial charge in [-0.1, -0.05) is 12.2 Å². The molecule has 0 aromatic carbocycles. The third kappa shape index (κ3) is 1.41. The lowest BCUT2D eigenvalue weighted by molar-refractivity contribution is -0.119. The second-order valence-corrected chi connectivity index (χ2v) is 5.31. The highest BCUT2D eigenvalue weighted by atomic mass is 35.5. The van der Waals surface area contributed by atoms with Crippen LogP contribution in [-0.2, 0) is 10.2 Å². The topological polar surface area (TPSA) is 41.1 Å². The van der Waals surface area contributed by atoms with Crippen molar-refractivity contribution in [2.45, 2.75) is 12.3 Å². The number of thiophene rings is 1. The molecule has 1 unspecified atom stereocenters. The summed E-state index contributed by atoms with van der Waals surface area (Å²) >= 11 is 1.65. The van der Waals surface area contributed by atoms with Gasteiger partial charge in [0.05, 0.1) is 5.00 Å². The molecule has 0 saturated carbocycles. The summed E-state index contributed by atoms with van der Waals surface area (Å²) in [7, 11) is 0. The van der Waals surface area contributed by atoms with E-state index in [1.54, 1.807) is 11.3 Å². The van der Waals surface area contributed by atoms with Crippen LogP contribution in [0.1, 0.15) is 10.4 Å². The number of hydrogen-bond donors (Lipinski definition) is 2. The lowest BCUT2D eigenvalue weighted by Gasteiger charge is -2.26. The molecular weight excluding hydrogens is 244 g/mol. The maximum Gasteiger partial charge on any atom is 0.240 e. The Morgan fingerprint density at radius 2 is 2.31 bits per heavy atom. The molecule has 1 amide bonds. The maximum absolute atomic E-state index is 12.0. The minimum absolute atomic E-state index is 0. The van der Waals surface area contributed by atoms with Crippen molar-refractivity contribution in [1.29, 1.82) is 0 Å². The predicted octanol–water partition coefficient (Wildman–Crippen LogP) is 1.83. The maximum atomic E-state index is 12.0. The highest BCUT2D eigenvalue weighted by Crippen LogP contribution is 2.44. The normalized spacial score (nSPS) is 26.4. The third-order valence-corrected chi connectivity index (χ3v) is 4.00. The Kier molecular flexibility index (Phi) is 2.82. The van der Waals surface area contributed by atoms with Crippen LogP contribution in [0, 0.1) is 6.92 Å². The monoisotopic (exact) mass is 256 g/mol. The molecule has 1 spiro atoms. The zero-order chi connectivity index (χ0) is 10.5. The fraction of sp³-hybridized carbons (Fsp3) is 0.364. The summed E-state index contributed by atoms with van der Waals surface area (Å²) in [5.74, 6) is 0.104. The smallest absolute Gasteiger partial charge is 0.240 e. The number of hydrogen-bond acceptors (Lipinski definition) is 3. The number of fused-ring (bicyclic) bond motifs is 2. The average molecular weight is 257 g/mol. The van der Waals surface area contributed by atoms with Gasteiger partial charge in [-0.2, -0.15) is 0 Å². The number of nitrogens with one attached hydrogen (secondary N) is 2. The molecule has 86 valence electrons. The van der Waals surface area contributed by atoms with E-state index in [2.05, 4.69) is 23.6 Å². The molecule has 1 aromatic heterocycles. The fourth-order valence-corrected chi connectivity index (χ4v) is 3.28. The van der Waals surface area contributed by atoms with Crippen molar-refractivity contribution >= 4 is 34.7 Å². The van der Waals surface area contributed by atoms with Crippen LogP contribution in [0.5, 0.6) is 0 Å². The summed E-state index contributed by atoms with van der Waals surface area (Å²) < 4.78 is 0. The first-order chi connectivity index (χ1) is 7.22. The Hall–Kier alpha value is -0.840. The van der Waals surface area contributed by atoms with Gasteiger partial charge in [-0.05, 0) is 13.0 Å². The summed E-state index contributed by atoms with van der Waals surface area (Å²) in [6, 6.07) is 2.12. The predicted molar refractivity (Wildman–Crippen MR) is 68.6 cm³/mol. The number of carbonyl (C=O) groups excluding carboxylic acids is 1. The van der Waals surface area contributed by atoms with Gasteiger partial charge in [0.2, 0.25) is 5.91 Å². The summed E-state index contributed by atoms with van der Waals surface area (Å²) in [6.07, 6.45) is 4.07. The Morgan fingerprint density at radius 3 is 3.00 bits per heavy atom. The van der Waals surface area contributed by atoms with Crippen LogP contribution in [0.4, 0.5) is 5.00 Å². The average Bonchev–Trinajstić information content (AvgIpc) is 2.69. The molecule has 0 aliphatic carbocycles. The van der Waals surface area contributed by atoms with Crippen molar-refractivity contribution in [1.82, 2.24) is 5.32 Å². The van der Waals surface area contributed by atoms with Crippen LogP contribution >= 0.6 is 23.7 Å². The number of amides is 1. The molecule has 2 aliphatic rings. The molecule has 1 aromatic rings. The third-order valence-electron chi connectivity index (χ3n) is 3.04. The highest BCUT2D eigenvalue weighted by molar-refractivity contribution is 7.16. The zero-order valence-corrected chi connectivity index (χ0v) is 10.5. The highest BCUT2D eigenvalue weighted by Gasteiger charge is 2.46. The largest absolute Gasteiger partial charge is 0.316 e. The van der Waals surface area contributed by atoms with Crippen molar-refractivity contribution in [2.75, 3.05) is 18.4 Å². The van der Waals surface area contributed by atoms with Crippen LogP contribution in [0.3, 0.4) is 0 Å². The van der Waals surface area contributed by atoms with Gasteiger partial charge in [-0.15, -0.1) is 23.7 Å². The zero-order valence-electron chi connectivity index (χ0n) is 8.87. The van der Waals surface area contributed by atoms with Crippen LogP contribution in [0.25, 0.3) is 0 Å². The fourth-order valence-electron chi connectivity index (χ4n) is 2.29. The van der Waals surface area contributed by atoms with Gasteiger partial charge in [0.15, 0.2) is 0 Å². The van der Waals surface area contributed by atoms with E-state index in [1.807, 2.05) is 12.2 Å². The molecule has 3 heterocycles. The number of aryl methyl sites for hydroxylation is 1. The first-order valence-electron chi connectivity index (χ1n) is 5.03. The molecule has 2 aliphatic heterocycles. The lowest BCUT2D eigenvalue weighted by Crippen LogP contribution is -2.45. The quantitative estimate of drug-likeness (QED) is 0.696. The van der Waals surface area contributed by atoms with E-state index in [1.165, 1.54) is 4.88 Å². The second kappa shape index (κ2) is 3.87. The summed E-state index contributed by atoms with van der Waals surface area (Å²) in [4.78, 5) is 13.2. The van der Waals surface area contributed by atoms with Crippen LogP contribution in [-0.4, -0.2) is 19.0 Å². The Labute approximate surface area is 104 Å². The Balaban J connectivity index is 0.000000963. The molecule has 2 N–H and O–H groups in total. The number of carbonyl (C=O) groups is 1. The molecule has 0 bridgehead atoms. The van der Waals surface area contributed by atoms with Crippen LogP contribution in [0.2, 0.25) is 0 Å². The van der Waals surface area contributed by atoms with Crippen molar-refractivity contribution in [3.8, 4) is 0 Å². The first kappa shape index (κ1) is 11.6. The second-order valence-electron chi connectivity index (χ2n) is 4.06. The van der Waals surface area contributed by atoms with E-state index < -0.39 is 5.41 Å².